The second kappa shape index (κ2) is 7.49. The summed E-state index contributed by atoms with van der Waals surface area (Å²) in [5.41, 5.74) is 0.336. The van der Waals surface area contributed by atoms with Gasteiger partial charge in [-0.15, -0.1) is 0 Å². The highest BCUT2D eigenvalue weighted by Crippen LogP contribution is 2.25. The lowest BCUT2D eigenvalue weighted by molar-refractivity contribution is -0.154. The highest BCUT2D eigenvalue weighted by molar-refractivity contribution is 5.94. The van der Waals surface area contributed by atoms with Crippen LogP contribution in [0.3, 0.4) is 0 Å². The molecule has 0 saturated carbocycles. The van der Waals surface area contributed by atoms with E-state index < -0.39 is 23.7 Å². The summed E-state index contributed by atoms with van der Waals surface area (Å²) in [5.74, 6) is -2.86. The molecule has 136 valence electrons. The van der Waals surface area contributed by atoms with Crippen LogP contribution in [0.4, 0.5) is 8.78 Å². The molecule has 6 nitrogen and oxygen atoms in total. The molecule has 8 heteroatoms. The summed E-state index contributed by atoms with van der Waals surface area (Å²) in [6.07, 6.45) is -1.04. The maximum atomic E-state index is 13.6. The number of nitrogens with zero attached hydrogens (tertiary/aromatic N) is 1. The normalized spacial score (nSPS) is 17.0. The van der Waals surface area contributed by atoms with E-state index in [-0.39, 0.29) is 30.6 Å². The van der Waals surface area contributed by atoms with Gasteiger partial charge in [-0.25, -0.2) is 13.6 Å². The molecule has 2 aromatic carbocycles. The number of carboxylic acids is 1. The quantitative estimate of drug-likeness (QED) is 0.904. The molecule has 1 heterocycles. The molecular formula is C18H15F2NO5. The predicted octanol–water partition coefficient (Wildman–Crippen LogP) is 2.68. The van der Waals surface area contributed by atoms with Gasteiger partial charge >= 0.3 is 5.97 Å². The topological polar surface area (TPSA) is 76.1 Å². The van der Waals surface area contributed by atoms with E-state index in [2.05, 4.69) is 0 Å². The van der Waals surface area contributed by atoms with E-state index >= 15 is 0 Å². The van der Waals surface area contributed by atoms with Crippen LogP contribution in [0.1, 0.15) is 10.4 Å². The van der Waals surface area contributed by atoms with Crippen molar-refractivity contribution in [2.75, 3.05) is 19.7 Å². The second-order valence-electron chi connectivity index (χ2n) is 5.65. The van der Waals surface area contributed by atoms with Gasteiger partial charge in [0.15, 0.2) is 17.7 Å². The lowest BCUT2D eigenvalue weighted by Crippen LogP contribution is -2.48. The molecule has 1 N–H and O–H groups in total. The molecule has 1 aliphatic heterocycles. The summed E-state index contributed by atoms with van der Waals surface area (Å²) in [5, 5.41) is 8.99. The molecular weight excluding hydrogens is 348 g/mol. The monoisotopic (exact) mass is 363 g/mol. The number of hydrogen-bond donors (Lipinski definition) is 1. The predicted molar refractivity (Wildman–Crippen MR) is 86.2 cm³/mol. The number of aliphatic carboxylic acids is 1. The molecule has 1 fully saturated rings. The van der Waals surface area contributed by atoms with Crippen LogP contribution in [0.25, 0.3) is 0 Å². The van der Waals surface area contributed by atoms with Gasteiger partial charge in [0, 0.05) is 18.2 Å². The second-order valence-corrected chi connectivity index (χ2v) is 5.65. The molecule has 0 radical (unpaired) electrons. The number of ether oxygens (including phenoxy) is 2. The summed E-state index contributed by atoms with van der Waals surface area (Å²) in [6.45, 7) is 0.405. The minimum Gasteiger partial charge on any atom is -0.479 e. The van der Waals surface area contributed by atoms with E-state index in [1.54, 1.807) is 0 Å². The van der Waals surface area contributed by atoms with E-state index in [4.69, 9.17) is 14.6 Å². The third kappa shape index (κ3) is 3.97. The Hall–Kier alpha value is -3.00. The van der Waals surface area contributed by atoms with Crippen molar-refractivity contribution < 1.29 is 33.0 Å². The molecule has 0 aliphatic carbocycles. The smallest absolute Gasteiger partial charge is 0.334 e. The van der Waals surface area contributed by atoms with E-state index in [1.165, 1.54) is 35.2 Å². The molecule has 1 amide bonds. The Morgan fingerprint density at radius 1 is 1.15 bits per heavy atom. The number of hydrogen-bond acceptors (Lipinski definition) is 4. The summed E-state index contributed by atoms with van der Waals surface area (Å²) < 4.78 is 36.9. The first-order valence-corrected chi connectivity index (χ1v) is 7.80. The van der Waals surface area contributed by atoms with Crippen molar-refractivity contribution in [2.45, 2.75) is 6.10 Å². The van der Waals surface area contributed by atoms with Gasteiger partial charge in [0.1, 0.15) is 11.6 Å². The highest BCUT2D eigenvalue weighted by Gasteiger charge is 2.29. The maximum Gasteiger partial charge on any atom is 0.334 e. The molecule has 2 aromatic rings. The molecule has 26 heavy (non-hydrogen) atoms. The van der Waals surface area contributed by atoms with E-state index in [1.807, 2.05) is 0 Å². The first-order chi connectivity index (χ1) is 12.4. The van der Waals surface area contributed by atoms with Crippen LogP contribution in [0.5, 0.6) is 11.5 Å². The van der Waals surface area contributed by atoms with Crippen LogP contribution in [0.15, 0.2) is 42.5 Å². The first kappa shape index (κ1) is 17.8. The number of amides is 1. The summed E-state index contributed by atoms with van der Waals surface area (Å²) in [4.78, 5) is 24.9. The molecule has 3 rings (SSSR count). The fraction of sp³-hybridized carbons (Fsp3) is 0.222. The van der Waals surface area contributed by atoms with Gasteiger partial charge in [-0.2, -0.15) is 0 Å². The maximum absolute atomic E-state index is 13.6. The fourth-order valence-electron chi connectivity index (χ4n) is 2.52. The largest absolute Gasteiger partial charge is 0.479 e. The molecule has 0 aromatic heterocycles. The van der Waals surface area contributed by atoms with Crippen LogP contribution in [-0.4, -0.2) is 47.7 Å². The zero-order valence-corrected chi connectivity index (χ0v) is 13.5. The molecule has 1 saturated heterocycles. The van der Waals surface area contributed by atoms with Gasteiger partial charge in [0.05, 0.1) is 13.2 Å². The van der Waals surface area contributed by atoms with Crippen molar-refractivity contribution in [1.82, 2.24) is 4.90 Å². The molecule has 0 bridgehead atoms. The van der Waals surface area contributed by atoms with Crippen LogP contribution in [0, 0.1) is 11.6 Å². The first-order valence-electron chi connectivity index (χ1n) is 7.80. The Morgan fingerprint density at radius 3 is 2.54 bits per heavy atom. The van der Waals surface area contributed by atoms with Gasteiger partial charge in [0.25, 0.3) is 5.91 Å². The van der Waals surface area contributed by atoms with E-state index in [9.17, 15) is 18.4 Å². The van der Waals surface area contributed by atoms with Gasteiger partial charge in [-0.05, 0) is 36.4 Å². The standard InChI is InChI=1S/C18H15F2NO5/c19-12-3-6-15(14(20)9-12)26-13-4-1-11(2-5-13)17(22)21-7-8-25-16(10-21)18(23)24/h1-6,9,16H,7-8,10H2,(H,23,24)/t16-/m1/s1. The van der Waals surface area contributed by atoms with Crippen molar-refractivity contribution in [1.29, 1.82) is 0 Å². The van der Waals surface area contributed by atoms with Crippen molar-refractivity contribution in [3.8, 4) is 11.5 Å². The summed E-state index contributed by atoms with van der Waals surface area (Å²) in [7, 11) is 0. The van der Waals surface area contributed by atoms with Crippen molar-refractivity contribution >= 4 is 11.9 Å². The Kier molecular flexibility index (Phi) is 5.13. The van der Waals surface area contributed by atoms with Crippen LogP contribution in [-0.2, 0) is 9.53 Å². The minimum atomic E-state index is -1.12. The molecule has 1 aliphatic rings. The Morgan fingerprint density at radius 2 is 1.88 bits per heavy atom. The Bertz CT molecular complexity index is 825. The molecule has 0 spiro atoms. The number of carbonyl (C=O) groups excluding carboxylic acids is 1. The zero-order chi connectivity index (χ0) is 18.7. The van der Waals surface area contributed by atoms with E-state index in [0.717, 1.165) is 6.07 Å². The number of halogens is 2. The number of carboxylic acid groups (broad SMARTS) is 1. The van der Waals surface area contributed by atoms with Gasteiger partial charge in [0.2, 0.25) is 0 Å². The molecule has 1 atom stereocenters. The average Bonchev–Trinajstić information content (AvgIpc) is 2.64. The highest BCUT2D eigenvalue weighted by atomic mass is 19.1. The van der Waals surface area contributed by atoms with Crippen molar-refractivity contribution in [3.05, 3.63) is 59.7 Å². The van der Waals surface area contributed by atoms with Crippen LogP contribution < -0.4 is 4.74 Å². The van der Waals surface area contributed by atoms with Gasteiger partial charge < -0.3 is 19.5 Å². The van der Waals surface area contributed by atoms with Crippen molar-refractivity contribution in [2.24, 2.45) is 0 Å². The lowest BCUT2D eigenvalue weighted by atomic mass is 10.1. The zero-order valence-electron chi connectivity index (χ0n) is 13.5. The SMILES string of the molecule is O=C(O)[C@H]1CN(C(=O)c2ccc(Oc3ccc(F)cc3F)cc2)CCO1. The third-order valence-corrected chi connectivity index (χ3v) is 3.85. The number of rotatable bonds is 4. The Labute approximate surface area is 147 Å². The number of benzene rings is 2. The number of carbonyl (C=O) groups is 2. The Balaban J connectivity index is 1.69. The van der Waals surface area contributed by atoms with Gasteiger partial charge in [-0.3, -0.25) is 4.79 Å². The fourth-order valence-corrected chi connectivity index (χ4v) is 2.52. The summed E-state index contributed by atoms with van der Waals surface area (Å²) >= 11 is 0. The van der Waals surface area contributed by atoms with Crippen molar-refractivity contribution in [3.63, 3.8) is 0 Å². The van der Waals surface area contributed by atoms with Crippen LogP contribution >= 0.6 is 0 Å². The minimum absolute atomic E-state index is 0.0345. The molecule has 0 unspecified atom stereocenters. The lowest BCUT2D eigenvalue weighted by Gasteiger charge is -2.30. The van der Waals surface area contributed by atoms with E-state index in [0.29, 0.717) is 18.2 Å². The average molecular weight is 363 g/mol. The van der Waals surface area contributed by atoms with Crippen LogP contribution in [0.2, 0.25) is 0 Å². The third-order valence-electron chi connectivity index (χ3n) is 3.85. The summed E-state index contributed by atoms with van der Waals surface area (Å²) in [6, 6.07) is 8.90. The van der Waals surface area contributed by atoms with Gasteiger partial charge in [-0.1, -0.05) is 0 Å². The number of morpholine rings is 1.